The van der Waals surface area contributed by atoms with Gasteiger partial charge in [0.1, 0.15) is 5.52 Å². The van der Waals surface area contributed by atoms with Gasteiger partial charge in [-0.05, 0) is 40.9 Å². The third kappa shape index (κ3) is 3.26. The number of nitrogens with one attached hydrogen (secondary N) is 1. The minimum absolute atomic E-state index is 0.228. The van der Waals surface area contributed by atoms with Gasteiger partial charge in [0, 0.05) is 25.5 Å². The molecular formula is C15H15BrN4O3. The van der Waals surface area contributed by atoms with E-state index in [0.717, 1.165) is 5.52 Å². The monoisotopic (exact) mass is 378 g/mol. The number of aliphatic carboxylic acids is 1. The fraction of sp³-hybridized carbons (Fsp3) is 0.333. The molecule has 1 aromatic carbocycles. The van der Waals surface area contributed by atoms with E-state index in [1.165, 1.54) is 4.90 Å². The largest absolute Gasteiger partial charge is 0.481 e. The van der Waals surface area contributed by atoms with E-state index >= 15 is 0 Å². The van der Waals surface area contributed by atoms with Crippen molar-refractivity contribution in [2.45, 2.75) is 12.8 Å². The summed E-state index contributed by atoms with van der Waals surface area (Å²) in [7, 11) is 0. The molecule has 1 fully saturated rings. The van der Waals surface area contributed by atoms with Gasteiger partial charge in [-0.15, -0.1) is 0 Å². The highest BCUT2D eigenvalue weighted by Crippen LogP contribution is 2.29. The minimum atomic E-state index is -0.857. The normalized spacial score (nSPS) is 18.0. The van der Waals surface area contributed by atoms with Crippen molar-refractivity contribution in [1.82, 2.24) is 14.9 Å². The van der Waals surface area contributed by atoms with Gasteiger partial charge in [-0.25, -0.2) is 4.79 Å². The predicted molar refractivity (Wildman–Crippen MR) is 88.2 cm³/mol. The lowest BCUT2D eigenvalue weighted by Crippen LogP contribution is -2.44. The van der Waals surface area contributed by atoms with Crippen molar-refractivity contribution in [1.29, 1.82) is 0 Å². The van der Waals surface area contributed by atoms with E-state index in [1.807, 2.05) is 0 Å². The number of nitrogens with zero attached hydrogens (tertiary/aromatic N) is 3. The molecule has 1 aromatic heterocycles. The fourth-order valence-corrected chi connectivity index (χ4v) is 3.19. The first-order valence-electron chi connectivity index (χ1n) is 7.24. The number of carboxylic acids is 1. The zero-order valence-electron chi connectivity index (χ0n) is 12.2. The predicted octanol–water partition coefficient (Wildman–Crippen LogP) is 2.72. The average molecular weight is 379 g/mol. The number of rotatable bonds is 2. The van der Waals surface area contributed by atoms with Crippen molar-refractivity contribution in [2.75, 3.05) is 18.4 Å². The number of anilines is 1. The summed E-state index contributed by atoms with van der Waals surface area (Å²) >= 11 is 3.44. The second-order valence-corrected chi connectivity index (χ2v) is 6.20. The average Bonchev–Trinajstić information content (AvgIpc) is 2.57. The first kappa shape index (κ1) is 15.7. The standard InChI is InChI=1S/C15H15BrN4O3/c16-12-10(3-4-11-13(12)18-6-5-17-11)19-15(23)20-7-1-2-9(8-20)14(21)22/h3-6,9H,1-2,7-8H2,(H,19,23)(H,21,22). The lowest BCUT2D eigenvalue weighted by Gasteiger charge is -2.30. The molecule has 1 atom stereocenters. The molecule has 0 aliphatic carbocycles. The molecule has 1 saturated heterocycles. The van der Waals surface area contributed by atoms with Gasteiger partial charge >= 0.3 is 12.0 Å². The van der Waals surface area contributed by atoms with Gasteiger partial charge in [0.15, 0.2) is 0 Å². The first-order valence-corrected chi connectivity index (χ1v) is 8.03. The maximum Gasteiger partial charge on any atom is 0.321 e. The van der Waals surface area contributed by atoms with Crippen LogP contribution in [0.2, 0.25) is 0 Å². The summed E-state index contributed by atoms with van der Waals surface area (Å²) in [5, 5.41) is 11.9. The molecule has 2 N–H and O–H groups in total. The molecule has 2 heterocycles. The van der Waals surface area contributed by atoms with Crippen LogP contribution in [0, 0.1) is 5.92 Å². The number of aromatic nitrogens is 2. The number of hydrogen-bond donors (Lipinski definition) is 2. The molecule has 120 valence electrons. The van der Waals surface area contributed by atoms with Crippen molar-refractivity contribution in [2.24, 2.45) is 5.92 Å². The number of fused-ring (bicyclic) bond motifs is 1. The SMILES string of the molecule is O=C(O)C1CCCN(C(=O)Nc2ccc3nccnc3c2Br)C1. The molecule has 1 aliphatic heterocycles. The summed E-state index contributed by atoms with van der Waals surface area (Å²) in [6.07, 6.45) is 4.48. The summed E-state index contributed by atoms with van der Waals surface area (Å²) in [6, 6.07) is 3.22. The van der Waals surface area contributed by atoms with Gasteiger partial charge in [-0.3, -0.25) is 14.8 Å². The summed E-state index contributed by atoms with van der Waals surface area (Å²) in [5.74, 6) is -1.36. The Morgan fingerprint density at radius 1 is 1.30 bits per heavy atom. The van der Waals surface area contributed by atoms with E-state index in [-0.39, 0.29) is 12.6 Å². The summed E-state index contributed by atoms with van der Waals surface area (Å²) in [5.41, 5.74) is 1.97. The molecule has 0 spiro atoms. The van der Waals surface area contributed by atoms with Crippen LogP contribution >= 0.6 is 15.9 Å². The number of amides is 2. The van der Waals surface area contributed by atoms with Crippen LogP contribution in [0.5, 0.6) is 0 Å². The van der Waals surface area contributed by atoms with Gasteiger partial charge in [0.2, 0.25) is 0 Å². The molecule has 1 aliphatic rings. The number of hydrogen-bond acceptors (Lipinski definition) is 4. The number of carbonyl (C=O) groups excluding carboxylic acids is 1. The molecule has 3 rings (SSSR count). The van der Waals surface area contributed by atoms with E-state index < -0.39 is 11.9 Å². The molecule has 8 heteroatoms. The molecular weight excluding hydrogens is 364 g/mol. The highest BCUT2D eigenvalue weighted by Gasteiger charge is 2.28. The van der Waals surface area contributed by atoms with Crippen molar-refractivity contribution >= 4 is 44.7 Å². The number of carbonyl (C=O) groups is 2. The third-order valence-electron chi connectivity index (χ3n) is 3.88. The van der Waals surface area contributed by atoms with Crippen LogP contribution < -0.4 is 5.32 Å². The van der Waals surface area contributed by atoms with Crippen molar-refractivity contribution in [3.8, 4) is 0 Å². The quantitative estimate of drug-likeness (QED) is 0.837. The molecule has 2 amide bonds. The number of likely N-dealkylation sites (tertiary alicyclic amines) is 1. The number of piperidine rings is 1. The highest BCUT2D eigenvalue weighted by molar-refractivity contribution is 9.10. The second-order valence-electron chi connectivity index (χ2n) is 5.40. The molecule has 1 unspecified atom stereocenters. The number of urea groups is 1. The second kappa shape index (κ2) is 6.49. The smallest absolute Gasteiger partial charge is 0.321 e. The summed E-state index contributed by atoms with van der Waals surface area (Å²) < 4.78 is 0.656. The fourth-order valence-electron chi connectivity index (χ4n) is 2.66. The van der Waals surface area contributed by atoms with Gasteiger partial charge in [0.05, 0.1) is 21.6 Å². The molecule has 0 saturated carbocycles. The van der Waals surface area contributed by atoms with Gasteiger partial charge in [-0.1, -0.05) is 0 Å². The van der Waals surface area contributed by atoms with Crippen molar-refractivity contribution < 1.29 is 14.7 Å². The van der Waals surface area contributed by atoms with E-state index in [9.17, 15) is 9.59 Å². The first-order chi connectivity index (χ1) is 11.1. The highest BCUT2D eigenvalue weighted by atomic mass is 79.9. The van der Waals surface area contributed by atoms with Crippen LogP contribution in [0.1, 0.15) is 12.8 Å². The third-order valence-corrected chi connectivity index (χ3v) is 4.68. The zero-order chi connectivity index (χ0) is 16.4. The molecule has 7 nitrogen and oxygen atoms in total. The van der Waals surface area contributed by atoms with E-state index in [0.29, 0.717) is 35.1 Å². The van der Waals surface area contributed by atoms with Gasteiger partial charge in [0.25, 0.3) is 0 Å². The lowest BCUT2D eigenvalue weighted by molar-refractivity contribution is -0.143. The molecule has 0 bridgehead atoms. The van der Waals surface area contributed by atoms with Crippen LogP contribution in [-0.2, 0) is 4.79 Å². The Bertz CT molecular complexity index is 767. The minimum Gasteiger partial charge on any atom is -0.481 e. The Morgan fingerprint density at radius 3 is 2.87 bits per heavy atom. The molecule has 23 heavy (non-hydrogen) atoms. The number of benzene rings is 1. The Hall–Kier alpha value is -2.22. The summed E-state index contributed by atoms with van der Waals surface area (Å²) in [6.45, 7) is 0.785. The van der Waals surface area contributed by atoms with Gasteiger partial charge in [-0.2, -0.15) is 0 Å². The van der Waals surface area contributed by atoms with Crippen LogP contribution in [-0.4, -0.2) is 45.1 Å². The van der Waals surface area contributed by atoms with E-state index in [1.54, 1.807) is 24.5 Å². The Morgan fingerprint density at radius 2 is 2.09 bits per heavy atom. The van der Waals surface area contributed by atoms with Crippen molar-refractivity contribution in [3.63, 3.8) is 0 Å². The maximum absolute atomic E-state index is 12.4. The van der Waals surface area contributed by atoms with Crippen LogP contribution in [0.4, 0.5) is 10.5 Å². The van der Waals surface area contributed by atoms with Gasteiger partial charge < -0.3 is 15.3 Å². The topological polar surface area (TPSA) is 95.4 Å². The van der Waals surface area contributed by atoms with E-state index in [2.05, 4.69) is 31.2 Å². The van der Waals surface area contributed by atoms with Crippen molar-refractivity contribution in [3.05, 3.63) is 29.0 Å². The molecule has 2 aromatic rings. The Labute approximate surface area is 140 Å². The maximum atomic E-state index is 12.4. The number of halogens is 1. The Balaban J connectivity index is 1.77. The van der Waals surface area contributed by atoms with E-state index in [4.69, 9.17) is 5.11 Å². The molecule has 0 radical (unpaired) electrons. The van der Waals surface area contributed by atoms with Crippen LogP contribution in [0.3, 0.4) is 0 Å². The van der Waals surface area contributed by atoms with Crippen LogP contribution in [0.15, 0.2) is 29.0 Å². The number of carboxylic acid groups (broad SMARTS) is 1. The summed E-state index contributed by atoms with van der Waals surface area (Å²) in [4.78, 5) is 33.5. The lowest BCUT2D eigenvalue weighted by atomic mass is 9.99. The van der Waals surface area contributed by atoms with Crippen LogP contribution in [0.25, 0.3) is 11.0 Å². The zero-order valence-corrected chi connectivity index (χ0v) is 13.8. The Kier molecular flexibility index (Phi) is 4.42.